The van der Waals surface area contributed by atoms with Gasteiger partial charge in [-0.15, -0.1) is 0 Å². The lowest BCUT2D eigenvalue weighted by Gasteiger charge is -2.05. The summed E-state index contributed by atoms with van der Waals surface area (Å²) in [4.78, 5) is 10.6. The molecule has 18 heavy (non-hydrogen) atoms. The third-order valence-electron chi connectivity index (χ3n) is 3.14. The van der Waals surface area contributed by atoms with Crippen LogP contribution in [0.15, 0.2) is 48.5 Å². The van der Waals surface area contributed by atoms with Gasteiger partial charge in [-0.25, -0.2) is 4.79 Å². The third-order valence-corrected chi connectivity index (χ3v) is 3.14. The van der Waals surface area contributed by atoms with E-state index < -0.39 is 0 Å². The Morgan fingerprint density at radius 3 is 2.39 bits per heavy atom. The molecular weight excluding hydrogens is 220 g/mol. The van der Waals surface area contributed by atoms with Crippen LogP contribution in [0.1, 0.15) is 25.0 Å². The number of hydrogen-bond donors (Lipinski definition) is 0. The fourth-order valence-corrected chi connectivity index (χ4v) is 1.94. The molecule has 2 aromatic carbocycles. The van der Waals surface area contributed by atoms with Gasteiger partial charge in [0.15, 0.2) is 0 Å². The first-order valence-corrected chi connectivity index (χ1v) is 6.16. The Bertz CT molecular complexity index is 587. The Balaban J connectivity index is 2.37. The average molecular weight is 236 g/mol. The summed E-state index contributed by atoms with van der Waals surface area (Å²) in [5.41, 5.74) is 5.30. The predicted molar refractivity (Wildman–Crippen MR) is 76.0 cm³/mol. The van der Waals surface area contributed by atoms with Crippen molar-refractivity contribution < 1.29 is 4.79 Å². The maximum Gasteiger partial charge on any atom is 0.128 e. The lowest BCUT2D eigenvalue weighted by Crippen LogP contribution is -1.84. The molecule has 2 aromatic rings. The maximum absolute atomic E-state index is 10.6. The molecule has 90 valence electrons. The molecule has 0 atom stereocenters. The summed E-state index contributed by atoms with van der Waals surface area (Å²) < 4.78 is 0. The summed E-state index contributed by atoms with van der Waals surface area (Å²) in [6.07, 6.45) is 1.04. The van der Waals surface area contributed by atoms with E-state index in [1.165, 1.54) is 16.7 Å². The monoisotopic (exact) mass is 236 g/mol. The van der Waals surface area contributed by atoms with Crippen molar-refractivity contribution in [1.82, 2.24) is 0 Å². The zero-order valence-corrected chi connectivity index (χ0v) is 10.7. The van der Waals surface area contributed by atoms with Gasteiger partial charge in [0.25, 0.3) is 0 Å². The van der Waals surface area contributed by atoms with Crippen molar-refractivity contribution >= 4 is 11.5 Å². The molecule has 0 aromatic heterocycles. The van der Waals surface area contributed by atoms with Crippen LogP contribution in [0.2, 0.25) is 0 Å². The molecule has 0 spiro atoms. The highest BCUT2D eigenvalue weighted by molar-refractivity contribution is 5.86. The number of aryl methyl sites for hydroxylation is 1. The summed E-state index contributed by atoms with van der Waals surface area (Å²) in [5.74, 6) is 1.93. The molecule has 0 N–H and O–H groups in total. The summed E-state index contributed by atoms with van der Waals surface area (Å²) in [5, 5.41) is 0. The van der Waals surface area contributed by atoms with Gasteiger partial charge < -0.3 is 0 Å². The van der Waals surface area contributed by atoms with Crippen molar-refractivity contribution in [2.75, 3.05) is 0 Å². The highest BCUT2D eigenvalue weighted by Gasteiger charge is 2.00. The second kappa shape index (κ2) is 5.48. The highest BCUT2D eigenvalue weighted by atomic mass is 16.1. The molecule has 1 heteroatoms. The number of allylic oxidation sites excluding steroid dienone is 1. The van der Waals surface area contributed by atoms with Gasteiger partial charge in [0.05, 0.1) is 0 Å². The Morgan fingerprint density at radius 1 is 1.06 bits per heavy atom. The minimum Gasteiger partial charge on any atom is -0.233 e. The Labute approximate surface area is 108 Å². The van der Waals surface area contributed by atoms with Crippen LogP contribution in [0, 0.1) is 0 Å². The molecule has 0 aliphatic carbocycles. The maximum atomic E-state index is 10.6. The lowest BCUT2D eigenvalue weighted by atomic mass is 9.99. The number of carbonyl (C=O) groups excluding carboxylic acids is 1. The Kier molecular flexibility index (Phi) is 3.76. The molecule has 0 saturated heterocycles. The van der Waals surface area contributed by atoms with Crippen molar-refractivity contribution in [3.05, 3.63) is 59.7 Å². The average Bonchev–Trinajstić information content (AvgIpc) is 2.46. The lowest BCUT2D eigenvalue weighted by molar-refractivity contribution is 0.569. The summed E-state index contributed by atoms with van der Waals surface area (Å²) >= 11 is 0. The quantitative estimate of drug-likeness (QED) is 0.732. The number of rotatable bonds is 3. The minimum atomic E-state index is 0.642. The third kappa shape index (κ3) is 2.58. The first-order valence-electron chi connectivity index (χ1n) is 6.16. The molecule has 0 fully saturated rings. The van der Waals surface area contributed by atoms with Crippen molar-refractivity contribution in [3.8, 4) is 11.1 Å². The first-order chi connectivity index (χ1) is 8.74. The van der Waals surface area contributed by atoms with Crippen LogP contribution in [-0.4, -0.2) is 5.94 Å². The van der Waals surface area contributed by atoms with E-state index in [0.29, 0.717) is 5.57 Å². The SMILES string of the molecule is CCc1cccc(-c2ccc(C(C)=C=O)cc2)c1. The van der Waals surface area contributed by atoms with E-state index in [1.54, 1.807) is 6.92 Å². The topological polar surface area (TPSA) is 17.1 Å². The molecule has 0 amide bonds. The van der Waals surface area contributed by atoms with Crippen LogP contribution < -0.4 is 0 Å². The molecular formula is C17H16O. The number of benzene rings is 2. The molecule has 0 heterocycles. The van der Waals surface area contributed by atoms with E-state index in [2.05, 4.69) is 31.2 Å². The second-order valence-corrected chi connectivity index (χ2v) is 4.36. The Morgan fingerprint density at radius 2 is 1.78 bits per heavy atom. The molecule has 0 aliphatic rings. The van der Waals surface area contributed by atoms with Crippen molar-refractivity contribution in [1.29, 1.82) is 0 Å². The fraction of sp³-hybridized carbons (Fsp3) is 0.176. The zero-order valence-electron chi connectivity index (χ0n) is 10.7. The van der Waals surface area contributed by atoms with Gasteiger partial charge in [-0.2, -0.15) is 0 Å². The summed E-state index contributed by atoms with van der Waals surface area (Å²) in [6.45, 7) is 3.93. The molecule has 0 bridgehead atoms. The normalized spacial score (nSPS) is 9.89. The smallest absolute Gasteiger partial charge is 0.128 e. The molecule has 2 rings (SSSR count). The highest BCUT2D eigenvalue weighted by Crippen LogP contribution is 2.22. The van der Waals surface area contributed by atoms with Gasteiger partial charge in [0.1, 0.15) is 5.94 Å². The minimum absolute atomic E-state index is 0.642. The predicted octanol–water partition coefficient (Wildman–Crippen LogP) is 4.15. The van der Waals surface area contributed by atoms with Gasteiger partial charge in [0.2, 0.25) is 0 Å². The van der Waals surface area contributed by atoms with Crippen LogP contribution >= 0.6 is 0 Å². The molecule has 0 radical (unpaired) electrons. The molecule has 0 aliphatic heterocycles. The van der Waals surface area contributed by atoms with Gasteiger partial charge in [-0.3, -0.25) is 0 Å². The van der Waals surface area contributed by atoms with E-state index in [9.17, 15) is 4.79 Å². The van der Waals surface area contributed by atoms with Gasteiger partial charge in [-0.1, -0.05) is 55.5 Å². The van der Waals surface area contributed by atoms with E-state index in [-0.39, 0.29) is 0 Å². The second-order valence-electron chi connectivity index (χ2n) is 4.36. The summed E-state index contributed by atoms with van der Waals surface area (Å²) in [6, 6.07) is 16.6. The van der Waals surface area contributed by atoms with E-state index in [4.69, 9.17) is 0 Å². The molecule has 1 nitrogen and oxygen atoms in total. The van der Waals surface area contributed by atoms with E-state index in [1.807, 2.05) is 30.2 Å². The number of hydrogen-bond acceptors (Lipinski definition) is 1. The first kappa shape index (κ1) is 12.3. The van der Waals surface area contributed by atoms with Crippen LogP contribution in [0.25, 0.3) is 16.7 Å². The molecule has 0 unspecified atom stereocenters. The van der Waals surface area contributed by atoms with Crippen LogP contribution in [0.4, 0.5) is 0 Å². The van der Waals surface area contributed by atoms with Crippen LogP contribution in [0.3, 0.4) is 0 Å². The van der Waals surface area contributed by atoms with Gasteiger partial charge in [0, 0.05) is 5.57 Å². The zero-order chi connectivity index (χ0) is 13.0. The fourth-order valence-electron chi connectivity index (χ4n) is 1.94. The van der Waals surface area contributed by atoms with Crippen molar-refractivity contribution in [2.45, 2.75) is 20.3 Å². The van der Waals surface area contributed by atoms with E-state index in [0.717, 1.165) is 12.0 Å². The summed E-state index contributed by atoms with van der Waals surface area (Å²) in [7, 11) is 0. The largest absolute Gasteiger partial charge is 0.233 e. The van der Waals surface area contributed by atoms with E-state index >= 15 is 0 Å². The van der Waals surface area contributed by atoms with Gasteiger partial charge in [-0.05, 0) is 35.6 Å². The van der Waals surface area contributed by atoms with Crippen molar-refractivity contribution in [3.63, 3.8) is 0 Å². The molecule has 0 saturated carbocycles. The standard InChI is InChI=1S/C17H16O/c1-3-14-5-4-6-17(11-14)16-9-7-15(8-10-16)13(2)12-18/h4-11H,3H2,1-2H3. The van der Waals surface area contributed by atoms with Gasteiger partial charge >= 0.3 is 0 Å². The van der Waals surface area contributed by atoms with Crippen LogP contribution in [-0.2, 0) is 11.2 Å². The van der Waals surface area contributed by atoms with Crippen LogP contribution in [0.5, 0.6) is 0 Å². The van der Waals surface area contributed by atoms with Crippen molar-refractivity contribution in [2.24, 2.45) is 0 Å². The Hall–Kier alpha value is -2.11.